The van der Waals surface area contributed by atoms with Gasteiger partial charge in [0.1, 0.15) is 11.5 Å². The zero-order chi connectivity index (χ0) is 22.7. The Bertz CT molecular complexity index is 1230. The van der Waals surface area contributed by atoms with Gasteiger partial charge in [0.25, 0.3) is 5.92 Å². The molecular weight excluding hydrogens is 408 g/mol. The Kier molecular flexibility index (Phi) is 5.81. The first-order valence-electron chi connectivity index (χ1n) is 10.2. The second-order valence-electron chi connectivity index (χ2n) is 7.58. The summed E-state index contributed by atoms with van der Waals surface area (Å²) in [5, 5.41) is 6.28. The predicted octanol–water partition coefficient (Wildman–Crippen LogP) is 6.41. The van der Waals surface area contributed by atoms with Gasteiger partial charge in [-0.1, -0.05) is 6.07 Å². The van der Waals surface area contributed by atoms with E-state index in [0.29, 0.717) is 5.69 Å². The number of anilines is 3. The van der Waals surface area contributed by atoms with E-state index in [-0.39, 0.29) is 5.69 Å². The zero-order valence-electron chi connectivity index (χ0n) is 18.0. The van der Waals surface area contributed by atoms with Crippen molar-refractivity contribution in [1.29, 1.82) is 0 Å². The lowest BCUT2D eigenvalue weighted by Gasteiger charge is -2.13. The molecule has 0 amide bonds. The molecule has 0 unspecified atom stereocenters. The van der Waals surface area contributed by atoms with Crippen LogP contribution >= 0.6 is 0 Å². The summed E-state index contributed by atoms with van der Waals surface area (Å²) in [6, 6.07) is 16.8. The van der Waals surface area contributed by atoms with Gasteiger partial charge in [-0.2, -0.15) is 8.78 Å². The maximum absolute atomic E-state index is 13.4. The van der Waals surface area contributed by atoms with Crippen LogP contribution in [0.15, 0.2) is 73.2 Å². The van der Waals surface area contributed by atoms with Crippen LogP contribution in [0.4, 0.5) is 26.0 Å². The summed E-state index contributed by atoms with van der Waals surface area (Å²) in [5.74, 6) is -2.19. The SMILES string of the molecule is CNc1cc(-c2cc(-c3cc(Nc4ccc(C(C)(F)F)nc4)ccc3C)ccn2)ccn1. The number of alkyl halides is 2. The average molecular weight is 431 g/mol. The van der Waals surface area contributed by atoms with Crippen LogP contribution in [0.3, 0.4) is 0 Å². The molecule has 32 heavy (non-hydrogen) atoms. The van der Waals surface area contributed by atoms with Crippen LogP contribution in [0, 0.1) is 6.92 Å². The lowest BCUT2D eigenvalue weighted by atomic mass is 9.99. The molecule has 4 rings (SSSR count). The number of rotatable bonds is 6. The van der Waals surface area contributed by atoms with Gasteiger partial charge >= 0.3 is 0 Å². The van der Waals surface area contributed by atoms with Crippen molar-refractivity contribution < 1.29 is 8.78 Å². The van der Waals surface area contributed by atoms with Crippen LogP contribution in [-0.4, -0.2) is 22.0 Å². The minimum Gasteiger partial charge on any atom is -0.373 e. The first-order chi connectivity index (χ1) is 15.3. The Hall–Kier alpha value is -3.87. The molecule has 0 saturated carbocycles. The molecule has 3 heterocycles. The smallest absolute Gasteiger partial charge is 0.286 e. The predicted molar refractivity (Wildman–Crippen MR) is 124 cm³/mol. The van der Waals surface area contributed by atoms with E-state index in [4.69, 9.17) is 0 Å². The van der Waals surface area contributed by atoms with Gasteiger partial charge < -0.3 is 10.6 Å². The van der Waals surface area contributed by atoms with Gasteiger partial charge in [-0.3, -0.25) is 9.97 Å². The van der Waals surface area contributed by atoms with E-state index < -0.39 is 5.92 Å². The Morgan fingerprint density at radius 2 is 1.56 bits per heavy atom. The third-order valence-corrected chi connectivity index (χ3v) is 5.12. The highest BCUT2D eigenvalue weighted by atomic mass is 19.3. The summed E-state index contributed by atoms with van der Waals surface area (Å²) in [6.07, 6.45) is 4.95. The first kappa shape index (κ1) is 21.4. The summed E-state index contributed by atoms with van der Waals surface area (Å²) in [5.41, 5.74) is 6.22. The summed E-state index contributed by atoms with van der Waals surface area (Å²) in [6.45, 7) is 2.88. The van der Waals surface area contributed by atoms with Gasteiger partial charge in [-0.15, -0.1) is 0 Å². The molecule has 0 fully saturated rings. The molecule has 3 aromatic heterocycles. The molecule has 0 bridgehead atoms. The van der Waals surface area contributed by atoms with Crippen LogP contribution in [-0.2, 0) is 5.92 Å². The molecular formula is C25H23F2N5. The van der Waals surface area contributed by atoms with E-state index in [1.807, 2.05) is 56.4 Å². The minimum atomic E-state index is -2.96. The molecule has 4 aromatic rings. The Morgan fingerprint density at radius 3 is 2.28 bits per heavy atom. The van der Waals surface area contributed by atoms with Crippen molar-refractivity contribution in [3.63, 3.8) is 0 Å². The largest absolute Gasteiger partial charge is 0.373 e. The van der Waals surface area contributed by atoms with E-state index in [2.05, 4.69) is 25.6 Å². The van der Waals surface area contributed by atoms with Crippen LogP contribution < -0.4 is 10.6 Å². The maximum Gasteiger partial charge on any atom is 0.286 e. The summed E-state index contributed by atoms with van der Waals surface area (Å²) in [4.78, 5) is 12.6. The average Bonchev–Trinajstić information content (AvgIpc) is 2.80. The molecule has 0 spiro atoms. The Labute approximate surface area is 185 Å². The number of nitrogens with one attached hydrogen (secondary N) is 2. The van der Waals surface area contributed by atoms with E-state index in [1.54, 1.807) is 18.5 Å². The van der Waals surface area contributed by atoms with Gasteiger partial charge in [-0.05, 0) is 72.1 Å². The van der Waals surface area contributed by atoms with Gasteiger partial charge in [0.2, 0.25) is 0 Å². The van der Waals surface area contributed by atoms with E-state index in [0.717, 1.165) is 46.4 Å². The lowest BCUT2D eigenvalue weighted by molar-refractivity contribution is 0.0128. The number of halogens is 2. The number of nitrogens with zero attached hydrogens (tertiary/aromatic N) is 3. The highest BCUT2D eigenvalue weighted by Gasteiger charge is 2.25. The van der Waals surface area contributed by atoms with Crippen LogP contribution in [0.5, 0.6) is 0 Å². The zero-order valence-corrected chi connectivity index (χ0v) is 18.0. The number of benzene rings is 1. The Morgan fingerprint density at radius 1 is 0.812 bits per heavy atom. The molecule has 0 aliphatic heterocycles. The molecule has 7 heteroatoms. The van der Waals surface area contributed by atoms with Crippen molar-refractivity contribution >= 4 is 17.2 Å². The summed E-state index contributed by atoms with van der Waals surface area (Å²) < 4.78 is 26.8. The van der Waals surface area contributed by atoms with Crippen molar-refractivity contribution in [3.05, 3.63) is 84.4 Å². The number of pyridine rings is 3. The number of hydrogen-bond donors (Lipinski definition) is 2. The van der Waals surface area contributed by atoms with Crippen molar-refractivity contribution in [2.24, 2.45) is 0 Å². The van der Waals surface area contributed by atoms with Gasteiger partial charge in [-0.25, -0.2) is 4.98 Å². The van der Waals surface area contributed by atoms with Crippen molar-refractivity contribution in [2.75, 3.05) is 17.7 Å². The lowest BCUT2D eigenvalue weighted by Crippen LogP contribution is -2.09. The fraction of sp³-hybridized carbons (Fsp3) is 0.160. The van der Waals surface area contributed by atoms with Crippen molar-refractivity contribution in [1.82, 2.24) is 15.0 Å². The van der Waals surface area contributed by atoms with Gasteiger partial charge in [0.05, 0.1) is 17.6 Å². The highest BCUT2D eigenvalue weighted by Crippen LogP contribution is 2.31. The standard InChI is InChI=1S/C25H23F2N5/c1-16-4-5-19(32-20-6-7-23(31-15-20)25(2,26)27)14-21(16)17-8-10-29-22(12-17)18-9-11-30-24(13-18)28-3/h4-15,32H,1-3H3,(H,28,30). The molecule has 0 aliphatic carbocycles. The third kappa shape index (κ3) is 4.72. The molecule has 0 saturated heterocycles. The summed E-state index contributed by atoms with van der Waals surface area (Å²) >= 11 is 0. The second kappa shape index (κ2) is 8.70. The third-order valence-electron chi connectivity index (χ3n) is 5.12. The van der Waals surface area contributed by atoms with Crippen LogP contribution in [0.25, 0.3) is 22.4 Å². The normalized spacial score (nSPS) is 11.3. The molecule has 2 N–H and O–H groups in total. The van der Waals surface area contributed by atoms with Gasteiger partial charge in [0, 0.05) is 37.6 Å². The fourth-order valence-corrected chi connectivity index (χ4v) is 3.39. The van der Waals surface area contributed by atoms with Gasteiger partial charge in [0.15, 0.2) is 0 Å². The van der Waals surface area contributed by atoms with Crippen molar-refractivity contribution in [2.45, 2.75) is 19.8 Å². The van der Waals surface area contributed by atoms with E-state index >= 15 is 0 Å². The van der Waals surface area contributed by atoms with Crippen LogP contribution in [0.2, 0.25) is 0 Å². The minimum absolute atomic E-state index is 0.255. The maximum atomic E-state index is 13.4. The molecule has 0 atom stereocenters. The quantitative estimate of drug-likeness (QED) is 0.369. The summed E-state index contributed by atoms with van der Waals surface area (Å²) in [7, 11) is 1.83. The molecule has 0 radical (unpaired) electrons. The monoisotopic (exact) mass is 431 g/mol. The van der Waals surface area contributed by atoms with E-state index in [1.165, 1.54) is 12.3 Å². The van der Waals surface area contributed by atoms with Crippen LogP contribution in [0.1, 0.15) is 18.2 Å². The number of hydrogen-bond acceptors (Lipinski definition) is 5. The first-order valence-corrected chi connectivity index (χ1v) is 10.2. The van der Waals surface area contributed by atoms with E-state index in [9.17, 15) is 8.78 Å². The number of aryl methyl sites for hydroxylation is 1. The highest BCUT2D eigenvalue weighted by molar-refractivity contribution is 5.76. The number of aromatic nitrogens is 3. The Balaban J connectivity index is 1.63. The fourth-order valence-electron chi connectivity index (χ4n) is 3.39. The molecule has 5 nitrogen and oxygen atoms in total. The molecule has 0 aliphatic rings. The topological polar surface area (TPSA) is 62.7 Å². The molecule has 162 valence electrons. The second-order valence-corrected chi connectivity index (χ2v) is 7.58. The molecule has 1 aromatic carbocycles. The van der Waals surface area contributed by atoms with Crippen molar-refractivity contribution in [3.8, 4) is 22.4 Å².